The molecule has 11 heteroatoms. The lowest BCUT2D eigenvalue weighted by atomic mass is 10.0. The topological polar surface area (TPSA) is 118 Å². The summed E-state index contributed by atoms with van der Waals surface area (Å²) < 4.78 is 11.4. The molecule has 4 rings (SSSR count). The smallest absolute Gasteiger partial charge is 0.338 e. The summed E-state index contributed by atoms with van der Waals surface area (Å²) in [7, 11) is 0. The molecule has 3 aromatic rings. The molecular formula is C24H27N5O4S2. The molecule has 0 radical (unpaired) electrons. The third-order valence-electron chi connectivity index (χ3n) is 5.45. The molecule has 35 heavy (non-hydrogen) atoms. The lowest BCUT2D eigenvalue weighted by molar-refractivity contribution is -0.139. The highest BCUT2D eigenvalue weighted by Gasteiger charge is 2.35. The first-order valence-corrected chi connectivity index (χ1v) is 13.2. The second-order valence-electron chi connectivity index (χ2n) is 7.60. The van der Waals surface area contributed by atoms with Crippen LogP contribution >= 0.6 is 23.1 Å². The molecule has 184 valence electrons. The number of amides is 2. The van der Waals surface area contributed by atoms with E-state index in [4.69, 9.17) is 9.15 Å². The highest BCUT2D eigenvalue weighted by molar-refractivity contribution is 8.01. The van der Waals surface area contributed by atoms with E-state index in [1.54, 1.807) is 19.1 Å². The first kappa shape index (κ1) is 24.8. The Balaban J connectivity index is 1.55. The van der Waals surface area contributed by atoms with Crippen molar-refractivity contribution in [3.05, 3.63) is 64.8 Å². The lowest BCUT2D eigenvalue weighted by Gasteiger charge is -2.27. The zero-order valence-electron chi connectivity index (χ0n) is 19.7. The zero-order valence-corrected chi connectivity index (χ0v) is 21.3. The number of anilines is 2. The van der Waals surface area contributed by atoms with Gasteiger partial charge in [0.2, 0.25) is 5.13 Å². The first-order valence-electron chi connectivity index (χ1n) is 11.4. The standard InChI is InChI=1S/C24H27N5O4S2/c1-4-14-9-7-10-15(5-2)19(14)27-23-28-29-24(35-23)34-13-16-18(21(30)32-6-3)20(26-22(31)25-16)17-11-8-12-33-17/h7-12,20H,4-6,13H2,1-3H3,(H,27,28)(H2,25,26,31). The molecule has 0 fully saturated rings. The van der Waals surface area contributed by atoms with Gasteiger partial charge in [0, 0.05) is 17.1 Å². The third-order valence-corrected chi connectivity index (χ3v) is 7.45. The molecule has 2 amide bonds. The molecule has 1 unspecified atom stereocenters. The molecule has 2 aromatic heterocycles. The van der Waals surface area contributed by atoms with Gasteiger partial charge in [-0.15, -0.1) is 10.2 Å². The summed E-state index contributed by atoms with van der Waals surface area (Å²) in [5.41, 5.74) is 4.28. The molecule has 3 heterocycles. The van der Waals surface area contributed by atoms with Crippen molar-refractivity contribution >= 4 is 45.9 Å². The van der Waals surface area contributed by atoms with Crippen molar-refractivity contribution in [2.24, 2.45) is 0 Å². The Bertz CT molecular complexity index is 1200. The van der Waals surface area contributed by atoms with Crippen molar-refractivity contribution in [3.8, 4) is 0 Å². The van der Waals surface area contributed by atoms with Gasteiger partial charge in [-0.2, -0.15) is 0 Å². The van der Waals surface area contributed by atoms with E-state index in [2.05, 4.69) is 58.2 Å². The van der Waals surface area contributed by atoms with Crippen LogP contribution in [0.25, 0.3) is 0 Å². The van der Waals surface area contributed by atoms with Crippen molar-refractivity contribution in [1.29, 1.82) is 0 Å². The summed E-state index contributed by atoms with van der Waals surface area (Å²) in [5, 5.41) is 18.2. The molecule has 9 nitrogen and oxygen atoms in total. The van der Waals surface area contributed by atoms with Crippen LogP contribution < -0.4 is 16.0 Å². The molecule has 1 atom stereocenters. The van der Waals surface area contributed by atoms with E-state index in [1.807, 2.05) is 0 Å². The summed E-state index contributed by atoms with van der Waals surface area (Å²) in [6.45, 7) is 6.20. The highest BCUT2D eigenvalue weighted by atomic mass is 32.2. The van der Waals surface area contributed by atoms with Gasteiger partial charge in [-0.1, -0.05) is 55.1 Å². The van der Waals surface area contributed by atoms with Crippen molar-refractivity contribution in [2.75, 3.05) is 17.7 Å². The van der Waals surface area contributed by atoms with E-state index >= 15 is 0 Å². The Labute approximate surface area is 211 Å². The van der Waals surface area contributed by atoms with Gasteiger partial charge in [0.05, 0.1) is 18.4 Å². The Morgan fingerprint density at radius 1 is 1.17 bits per heavy atom. The Morgan fingerprint density at radius 3 is 2.60 bits per heavy atom. The van der Waals surface area contributed by atoms with Crippen LogP contribution in [0.3, 0.4) is 0 Å². The lowest BCUT2D eigenvalue weighted by Crippen LogP contribution is -2.46. The van der Waals surface area contributed by atoms with Crippen LogP contribution in [0.4, 0.5) is 15.6 Å². The van der Waals surface area contributed by atoms with Gasteiger partial charge >= 0.3 is 12.0 Å². The predicted octanol–water partition coefficient (Wildman–Crippen LogP) is 4.96. The minimum atomic E-state index is -0.738. The molecule has 0 spiro atoms. The van der Waals surface area contributed by atoms with Crippen LogP contribution in [-0.2, 0) is 22.4 Å². The number of carbonyl (C=O) groups excluding carboxylic acids is 2. The number of furan rings is 1. The molecule has 1 aromatic carbocycles. The summed E-state index contributed by atoms with van der Waals surface area (Å²) in [5.74, 6) is 0.244. The van der Waals surface area contributed by atoms with Gasteiger partial charge in [0.1, 0.15) is 11.8 Å². The summed E-state index contributed by atoms with van der Waals surface area (Å²) >= 11 is 2.80. The fourth-order valence-corrected chi connectivity index (χ4v) is 5.54. The number of ether oxygens (including phenoxy) is 1. The van der Waals surface area contributed by atoms with Gasteiger partial charge in [-0.05, 0) is 43.0 Å². The molecule has 0 saturated heterocycles. The molecule has 0 saturated carbocycles. The van der Waals surface area contributed by atoms with Gasteiger partial charge in [0.25, 0.3) is 0 Å². The molecule has 3 N–H and O–H groups in total. The number of aryl methyl sites for hydroxylation is 2. The van der Waals surface area contributed by atoms with Crippen molar-refractivity contribution < 1.29 is 18.7 Å². The Hall–Kier alpha value is -3.31. The van der Waals surface area contributed by atoms with Crippen LogP contribution in [0.5, 0.6) is 0 Å². The number of nitrogens with one attached hydrogen (secondary N) is 3. The number of hydrogen-bond acceptors (Lipinski definition) is 9. The second kappa shape index (κ2) is 11.4. The number of esters is 1. The van der Waals surface area contributed by atoms with E-state index in [1.165, 1.54) is 40.5 Å². The van der Waals surface area contributed by atoms with Crippen molar-refractivity contribution in [1.82, 2.24) is 20.8 Å². The fourth-order valence-electron chi connectivity index (χ4n) is 3.81. The SMILES string of the molecule is CCOC(=O)C1=C(CSc2nnc(Nc3c(CC)cccc3CC)s2)NC(=O)NC1c1ccco1. The average Bonchev–Trinajstić information content (AvgIpc) is 3.55. The van der Waals surface area contributed by atoms with E-state index in [9.17, 15) is 9.59 Å². The second-order valence-corrected chi connectivity index (χ2v) is 9.80. The van der Waals surface area contributed by atoms with E-state index < -0.39 is 18.0 Å². The number of urea groups is 1. The highest BCUT2D eigenvalue weighted by Crippen LogP contribution is 2.34. The molecule has 1 aliphatic heterocycles. The summed E-state index contributed by atoms with van der Waals surface area (Å²) in [6, 6.07) is 8.55. The van der Waals surface area contributed by atoms with Crippen molar-refractivity contribution in [3.63, 3.8) is 0 Å². The largest absolute Gasteiger partial charge is 0.467 e. The number of rotatable bonds is 10. The van der Waals surface area contributed by atoms with Crippen LogP contribution in [0, 0.1) is 0 Å². The number of nitrogens with zero attached hydrogens (tertiary/aromatic N) is 2. The monoisotopic (exact) mass is 513 g/mol. The maximum Gasteiger partial charge on any atom is 0.338 e. The van der Waals surface area contributed by atoms with Gasteiger partial charge in [-0.3, -0.25) is 0 Å². The first-order chi connectivity index (χ1) is 17.0. The average molecular weight is 514 g/mol. The number of para-hydroxylation sites is 1. The van der Waals surface area contributed by atoms with Crippen LogP contribution in [0.15, 0.2) is 56.6 Å². The maximum atomic E-state index is 12.8. The number of aromatic nitrogens is 2. The number of benzene rings is 1. The fraction of sp³-hybridized carbons (Fsp3) is 0.333. The maximum absolute atomic E-state index is 12.8. The minimum absolute atomic E-state index is 0.214. The zero-order chi connectivity index (χ0) is 24.8. The summed E-state index contributed by atoms with van der Waals surface area (Å²) in [6.07, 6.45) is 3.31. The van der Waals surface area contributed by atoms with Crippen LogP contribution in [0.1, 0.15) is 43.7 Å². The number of hydrogen-bond donors (Lipinski definition) is 3. The van der Waals surface area contributed by atoms with E-state index in [-0.39, 0.29) is 6.61 Å². The predicted molar refractivity (Wildman–Crippen MR) is 136 cm³/mol. The number of carbonyl (C=O) groups is 2. The van der Waals surface area contributed by atoms with Gasteiger partial charge in [0.15, 0.2) is 4.34 Å². The van der Waals surface area contributed by atoms with Crippen LogP contribution in [-0.4, -0.2) is 34.6 Å². The summed E-state index contributed by atoms with van der Waals surface area (Å²) in [4.78, 5) is 25.2. The Morgan fingerprint density at radius 2 is 1.94 bits per heavy atom. The molecular weight excluding hydrogens is 486 g/mol. The van der Waals surface area contributed by atoms with Gasteiger partial charge < -0.3 is 25.1 Å². The third kappa shape index (κ3) is 5.68. The Kier molecular flexibility index (Phi) is 8.09. The van der Waals surface area contributed by atoms with E-state index in [0.717, 1.165) is 18.5 Å². The molecule has 0 bridgehead atoms. The quantitative estimate of drug-likeness (QED) is 0.257. The van der Waals surface area contributed by atoms with Gasteiger partial charge in [-0.25, -0.2) is 9.59 Å². The number of thioether (sulfide) groups is 1. The van der Waals surface area contributed by atoms with E-state index in [0.29, 0.717) is 32.3 Å². The molecule has 0 aliphatic carbocycles. The molecule has 1 aliphatic rings. The minimum Gasteiger partial charge on any atom is -0.467 e. The van der Waals surface area contributed by atoms with Crippen molar-refractivity contribution in [2.45, 2.75) is 44.0 Å². The van der Waals surface area contributed by atoms with Crippen LogP contribution in [0.2, 0.25) is 0 Å². The normalized spacial score (nSPS) is 15.5.